The zero-order chi connectivity index (χ0) is 16.2. The van der Waals surface area contributed by atoms with Crippen molar-refractivity contribution in [2.75, 3.05) is 38.7 Å². The minimum absolute atomic E-state index is 0.0449. The monoisotopic (exact) mass is 306 g/mol. The first-order valence-corrected chi connectivity index (χ1v) is 7.73. The maximum atomic E-state index is 12.4. The van der Waals surface area contributed by atoms with Crippen LogP contribution in [0.25, 0.3) is 0 Å². The number of urea groups is 1. The summed E-state index contributed by atoms with van der Waals surface area (Å²) in [5.74, 6) is 0.878. The molecule has 0 radical (unpaired) electrons. The van der Waals surface area contributed by atoms with E-state index >= 15 is 0 Å². The molecule has 0 spiro atoms. The second kappa shape index (κ2) is 6.96. The molecule has 1 saturated heterocycles. The zero-order valence-electron chi connectivity index (χ0n) is 13.9. The molecule has 2 heterocycles. The third-order valence-electron chi connectivity index (χ3n) is 4.09. The first-order valence-electron chi connectivity index (χ1n) is 7.73. The van der Waals surface area contributed by atoms with Crippen LogP contribution >= 0.6 is 0 Å². The van der Waals surface area contributed by atoms with Crippen LogP contribution in [0, 0.1) is 0 Å². The summed E-state index contributed by atoms with van der Waals surface area (Å²) in [6.07, 6.45) is 2.65. The highest BCUT2D eigenvalue weighted by atomic mass is 16.5. The number of carbonyl (C=O) groups is 1. The Morgan fingerprint density at radius 2 is 2.32 bits per heavy atom. The van der Waals surface area contributed by atoms with Crippen molar-refractivity contribution in [3.05, 3.63) is 23.9 Å². The molecule has 6 heteroatoms. The molecule has 0 bridgehead atoms. The van der Waals surface area contributed by atoms with Crippen molar-refractivity contribution in [2.24, 2.45) is 0 Å². The smallest absolute Gasteiger partial charge is 0.317 e. The van der Waals surface area contributed by atoms with Crippen LogP contribution in [-0.4, -0.2) is 55.3 Å². The van der Waals surface area contributed by atoms with Gasteiger partial charge in [0.05, 0.1) is 18.8 Å². The van der Waals surface area contributed by atoms with Crippen molar-refractivity contribution in [3.63, 3.8) is 0 Å². The van der Waals surface area contributed by atoms with E-state index in [-0.39, 0.29) is 11.6 Å². The van der Waals surface area contributed by atoms with Gasteiger partial charge >= 0.3 is 6.03 Å². The fourth-order valence-electron chi connectivity index (χ4n) is 2.57. The maximum absolute atomic E-state index is 12.4. The third kappa shape index (κ3) is 3.88. The number of nitrogens with zero attached hydrogens (tertiary/aromatic N) is 3. The van der Waals surface area contributed by atoms with E-state index in [9.17, 15) is 4.79 Å². The summed E-state index contributed by atoms with van der Waals surface area (Å²) >= 11 is 0. The minimum atomic E-state index is -0.237. The van der Waals surface area contributed by atoms with Crippen molar-refractivity contribution >= 4 is 11.8 Å². The van der Waals surface area contributed by atoms with Crippen LogP contribution in [-0.2, 0) is 11.3 Å². The number of hydrogen-bond donors (Lipinski definition) is 1. The Hall–Kier alpha value is -1.82. The second-order valence-electron chi connectivity index (χ2n) is 6.11. The second-order valence-corrected chi connectivity index (χ2v) is 6.11. The van der Waals surface area contributed by atoms with Crippen molar-refractivity contribution in [1.82, 2.24) is 15.2 Å². The molecule has 2 amide bonds. The molecule has 0 aromatic carbocycles. The van der Waals surface area contributed by atoms with Crippen LogP contribution in [0.5, 0.6) is 0 Å². The molecule has 1 aromatic heterocycles. The van der Waals surface area contributed by atoms with Crippen molar-refractivity contribution < 1.29 is 9.53 Å². The molecule has 1 aliphatic heterocycles. The SMILES string of the molecule is CC[C@@]1(C)CN(C(=O)NCc2cccnc2N(C)C)CCO1. The van der Waals surface area contributed by atoms with Gasteiger partial charge < -0.3 is 19.9 Å². The van der Waals surface area contributed by atoms with Crippen LogP contribution in [0.1, 0.15) is 25.8 Å². The van der Waals surface area contributed by atoms with E-state index in [1.165, 1.54) is 0 Å². The predicted octanol–water partition coefficient (Wildman–Crippen LogP) is 1.86. The fraction of sp³-hybridized carbons (Fsp3) is 0.625. The molecule has 1 aliphatic rings. The molecule has 1 aromatic rings. The summed E-state index contributed by atoms with van der Waals surface area (Å²) in [6, 6.07) is 3.83. The first kappa shape index (κ1) is 16.5. The van der Waals surface area contributed by atoms with E-state index in [0.717, 1.165) is 17.8 Å². The number of aromatic nitrogens is 1. The van der Waals surface area contributed by atoms with Crippen LogP contribution < -0.4 is 10.2 Å². The molecule has 122 valence electrons. The minimum Gasteiger partial charge on any atom is -0.372 e. The van der Waals surface area contributed by atoms with Gasteiger partial charge in [0.1, 0.15) is 5.82 Å². The molecular formula is C16H26N4O2. The highest BCUT2D eigenvalue weighted by Crippen LogP contribution is 2.21. The summed E-state index contributed by atoms with van der Waals surface area (Å²) in [5, 5.41) is 2.99. The Bertz CT molecular complexity index is 521. The summed E-state index contributed by atoms with van der Waals surface area (Å²) in [5.41, 5.74) is 0.769. The Kier molecular flexibility index (Phi) is 5.24. The van der Waals surface area contributed by atoms with Crippen molar-refractivity contribution in [3.8, 4) is 0 Å². The van der Waals surface area contributed by atoms with Gasteiger partial charge in [-0.25, -0.2) is 9.78 Å². The van der Waals surface area contributed by atoms with Crippen molar-refractivity contribution in [1.29, 1.82) is 0 Å². The molecule has 1 atom stereocenters. The number of carbonyl (C=O) groups excluding carboxylic acids is 1. The van der Waals surface area contributed by atoms with Gasteiger partial charge in [0.2, 0.25) is 0 Å². The molecule has 0 unspecified atom stereocenters. The van der Waals surface area contributed by atoms with Gasteiger partial charge in [-0.2, -0.15) is 0 Å². The number of hydrogen-bond acceptors (Lipinski definition) is 4. The first-order chi connectivity index (χ1) is 10.4. The molecular weight excluding hydrogens is 280 g/mol. The van der Waals surface area contributed by atoms with Gasteiger partial charge in [-0.3, -0.25) is 0 Å². The standard InChI is InChI=1S/C16H26N4O2/c1-5-16(2)12-20(9-10-22-16)15(21)18-11-13-7-6-8-17-14(13)19(3)4/h6-8H,5,9-12H2,1-4H3,(H,18,21)/t16-/m0/s1. The number of amides is 2. The van der Waals surface area contributed by atoms with Gasteiger partial charge in [-0.05, 0) is 19.4 Å². The number of nitrogens with one attached hydrogen (secondary N) is 1. The summed E-state index contributed by atoms with van der Waals surface area (Å²) in [6.45, 7) is 6.46. The lowest BCUT2D eigenvalue weighted by Gasteiger charge is -2.40. The van der Waals surface area contributed by atoms with Crippen LogP contribution in [0.3, 0.4) is 0 Å². The van der Waals surface area contributed by atoms with Gasteiger partial charge in [0.15, 0.2) is 0 Å². The van der Waals surface area contributed by atoms with E-state index in [1.54, 1.807) is 6.20 Å². The van der Waals surface area contributed by atoms with Gasteiger partial charge in [-0.15, -0.1) is 0 Å². The lowest BCUT2D eigenvalue weighted by atomic mass is 10.0. The average molecular weight is 306 g/mol. The van der Waals surface area contributed by atoms with E-state index in [1.807, 2.05) is 36.0 Å². The van der Waals surface area contributed by atoms with Gasteiger partial charge in [0.25, 0.3) is 0 Å². The Morgan fingerprint density at radius 3 is 3.00 bits per heavy atom. The van der Waals surface area contributed by atoms with Gasteiger partial charge in [0, 0.05) is 38.9 Å². The largest absolute Gasteiger partial charge is 0.372 e. The Labute approximate surface area is 132 Å². The quantitative estimate of drug-likeness (QED) is 0.922. The number of morpholine rings is 1. The molecule has 0 saturated carbocycles. The molecule has 1 N–H and O–H groups in total. The number of rotatable bonds is 4. The van der Waals surface area contributed by atoms with E-state index in [2.05, 4.69) is 24.1 Å². The molecule has 1 fully saturated rings. The van der Waals surface area contributed by atoms with Crippen LogP contribution in [0.2, 0.25) is 0 Å². The van der Waals surface area contributed by atoms with E-state index in [4.69, 9.17) is 4.74 Å². The summed E-state index contributed by atoms with van der Waals surface area (Å²) < 4.78 is 5.77. The average Bonchev–Trinajstić information content (AvgIpc) is 2.52. The Balaban J connectivity index is 1.96. The number of pyridine rings is 1. The molecule has 22 heavy (non-hydrogen) atoms. The maximum Gasteiger partial charge on any atom is 0.317 e. The van der Waals surface area contributed by atoms with E-state index < -0.39 is 0 Å². The number of ether oxygens (including phenoxy) is 1. The van der Waals surface area contributed by atoms with Crippen LogP contribution in [0.15, 0.2) is 18.3 Å². The lowest BCUT2D eigenvalue weighted by molar-refractivity contribution is -0.0872. The molecule has 0 aliphatic carbocycles. The molecule has 6 nitrogen and oxygen atoms in total. The summed E-state index contributed by atoms with van der Waals surface area (Å²) in [4.78, 5) is 20.5. The van der Waals surface area contributed by atoms with E-state index in [0.29, 0.717) is 26.2 Å². The number of anilines is 1. The zero-order valence-corrected chi connectivity index (χ0v) is 13.9. The van der Waals surface area contributed by atoms with Crippen LogP contribution in [0.4, 0.5) is 10.6 Å². The molecule has 2 rings (SSSR count). The van der Waals surface area contributed by atoms with Crippen molar-refractivity contribution in [2.45, 2.75) is 32.4 Å². The van der Waals surface area contributed by atoms with Gasteiger partial charge in [-0.1, -0.05) is 13.0 Å². The lowest BCUT2D eigenvalue weighted by Crippen LogP contribution is -2.54. The third-order valence-corrected chi connectivity index (χ3v) is 4.09. The fourth-order valence-corrected chi connectivity index (χ4v) is 2.57. The highest BCUT2D eigenvalue weighted by molar-refractivity contribution is 5.74. The normalized spacial score (nSPS) is 21.5. The predicted molar refractivity (Wildman–Crippen MR) is 87.0 cm³/mol. The Morgan fingerprint density at radius 1 is 1.55 bits per heavy atom. The summed E-state index contributed by atoms with van der Waals surface area (Å²) in [7, 11) is 3.89. The topological polar surface area (TPSA) is 57.7 Å². The highest BCUT2D eigenvalue weighted by Gasteiger charge is 2.32.